The standard InChI is InChI=1S/C8H12N2S.ClH/c1-6-3-7(4-9)10-5-8(6)11-2;/h3,5H,4,9H2,1-2H3;1H. The molecule has 1 aromatic rings. The molecule has 0 spiro atoms. The van der Waals surface area contributed by atoms with Crippen LogP contribution in [0.5, 0.6) is 0 Å². The van der Waals surface area contributed by atoms with Crippen molar-refractivity contribution in [3.63, 3.8) is 0 Å². The van der Waals surface area contributed by atoms with Crippen LogP contribution in [0.1, 0.15) is 11.3 Å². The number of nitrogens with zero attached hydrogens (tertiary/aromatic N) is 1. The smallest absolute Gasteiger partial charge is 0.0542 e. The maximum atomic E-state index is 5.44. The van der Waals surface area contributed by atoms with E-state index in [2.05, 4.69) is 11.9 Å². The summed E-state index contributed by atoms with van der Waals surface area (Å²) < 4.78 is 0. The van der Waals surface area contributed by atoms with Crippen molar-refractivity contribution < 1.29 is 0 Å². The lowest BCUT2D eigenvalue weighted by Crippen LogP contribution is -1.99. The normalized spacial score (nSPS) is 9.25. The molecule has 1 rings (SSSR count). The van der Waals surface area contributed by atoms with Crippen molar-refractivity contribution >= 4 is 24.2 Å². The first-order valence-electron chi connectivity index (χ1n) is 3.47. The molecular weight excluding hydrogens is 192 g/mol. The Balaban J connectivity index is 0.00000121. The monoisotopic (exact) mass is 204 g/mol. The number of nitrogens with two attached hydrogens (primary N) is 1. The van der Waals surface area contributed by atoms with Crippen molar-refractivity contribution in [2.45, 2.75) is 18.4 Å². The van der Waals surface area contributed by atoms with Crippen LogP contribution < -0.4 is 5.73 Å². The van der Waals surface area contributed by atoms with Crippen molar-refractivity contribution in [3.05, 3.63) is 23.5 Å². The molecule has 4 heteroatoms. The van der Waals surface area contributed by atoms with E-state index in [1.807, 2.05) is 18.5 Å². The predicted molar refractivity (Wildman–Crippen MR) is 55.9 cm³/mol. The second kappa shape index (κ2) is 5.41. The van der Waals surface area contributed by atoms with Gasteiger partial charge in [0.15, 0.2) is 0 Å². The summed E-state index contributed by atoms with van der Waals surface area (Å²) in [6.07, 6.45) is 3.92. The third kappa shape index (κ3) is 2.66. The number of pyridine rings is 1. The summed E-state index contributed by atoms with van der Waals surface area (Å²) >= 11 is 1.71. The maximum absolute atomic E-state index is 5.44. The highest BCUT2D eigenvalue weighted by Gasteiger charge is 1.97. The van der Waals surface area contributed by atoms with Crippen molar-refractivity contribution in [1.82, 2.24) is 4.98 Å². The molecule has 0 fully saturated rings. The quantitative estimate of drug-likeness (QED) is 0.749. The first-order chi connectivity index (χ1) is 5.27. The van der Waals surface area contributed by atoms with Gasteiger partial charge in [0.25, 0.3) is 0 Å². The molecule has 1 heterocycles. The zero-order valence-corrected chi connectivity index (χ0v) is 8.84. The van der Waals surface area contributed by atoms with E-state index in [-0.39, 0.29) is 12.4 Å². The fourth-order valence-electron chi connectivity index (χ4n) is 0.927. The first kappa shape index (κ1) is 11.8. The summed E-state index contributed by atoms with van der Waals surface area (Å²) in [5.41, 5.74) is 7.66. The summed E-state index contributed by atoms with van der Waals surface area (Å²) in [5.74, 6) is 0. The molecule has 0 amide bonds. The van der Waals surface area contributed by atoms with Gasteiger partial charge in [-0.25, -0.2) is 0 Å². The molecule has 2 nitrogen and oxygen atoms in total. The summed E-state index contributed by atoms with van der Waals surface area (Å²) in [6, 6.07) is 2.03. The zero-order valence-electron chi connectivity index (χ0n) is 7.20. The molecule has 12 heavy (non-hydrogen) atoms. The molecule has 0 radical (unpaired) electrons. The number of halogens is 1. The average Bonchev–Trinajstić information content (AvgIpc) is 2.04. The molecule has 68 valence electrons. The van der Waals surface area contributed by atoms with E-state index in [1.165, 1.54) is 10.5 Å². The van der Waals surface area contributed by atoms with Crippen molar-refractivity contribution in [2.24, 2.45) is 5.73 Å². The van der Waals surface area contributed by atoms with Gasteiger partial charge in [0.05, 0.1) is 5.69 Å². The van der Waals surface area contributed by atoms with Crippen LogP contribution in [0.3, 0.4) is 0 Å². The average molecular weight is 205 g/mol. The Morgan fingerprint density at radius 3 is 2.67 bits per heavy atom. The minimum Gasteiger partial charge on any atom is -0.325 e. The van der Waals surface area contributed by atoms with Crippen LogP contribution in [-0.2, 0) is 6.54 Å². The van der Waals surface area contributed by atoms with Gasteiger partial charge in [0.2, 0.25) is 0 Å². The van der Waals surface area contributed by atoms with Gasteiger partial charge < -0.3 is 5.73 Å². The van der Waals surface area contributed by atoms with Gasteiger partial charge in [-0.2, -0.15) is 0 Å². The molecule has 0 aliphatic heterocycles. The molecule has 0 aliphatic carbocycles. The summed E-state index contributed by atoms with van der Waals surface area (Å²) in [6.45, 7) is 2.60. The minimum atomic E-state index is 0. The van der Waals surface area contributed by atoms with Crippen LogP contribution in [0.2, 0.25) is 0 Å². The molecule has 0 atom stereocenters. The molecule has 0 aliphatic rings. The van der Waals surface area contributed by atoms with E-state index in [0.717, 1.165) is 5.69 Å². The third-order valence-electron chi connectivity index (χ3n) is 1.55. The van der Waals surface area contributed by atoms with E-state index in [9.17, 15) is 0 Å². The fraction of sp³-hybridized carbons (Fsp3) is 0.375. The van der Waals surface area contributed by atoms with Gasteiger partial charge in [-0.1, -0.05) is 0 Å². The molecule has 0 bridgehead atoms. The van der Waals surface area contributed by atoms with E-state index in [0.29, 0.717) is 6.54 Å². The Kier molecular flexibility index (Phi) is 5.29. The fourth-order valence-corrected chi connectivity index (χ4v) is 1.47. The first-order valence-corrected chi connectivity index (χ1v) is 4.70. The van der Waals surface area contributed by atoms with Crippen LogP contribution in [0.25, 0.3) is 0 Å². The van der Waals surface area contributed by atoms with Gasteiger partial charge in [-0.15, -0.1) is 24.2 Å². The SMILES string of the molecule is CSc1cnc(CN)cc1C.Cl. The highest BCUT2D eigenvalue weighted by Crippen LogP contribution is 2.18. The van der Waals surface area contributed by atoms with Crippen molar-refractivity contribution in [3.8, 4) is 0 Å². The number of aryl methyl sites for hydroxylation is 1. The molecule has 0 saturated carbocycles. The van der Waals surface area contributed by atoms with Gasteiger partial charge >= 0.3 is 0 Å². The topological polar surface area (TPSA) is 38.9 Å². The minimum absolute atomic E-state index is 0. The highest BCUT2D eigenvalue weighted by molar-refractivity contribution is 7.98. The predicted octanol–water partition coefficient (Wildman–Crippen LogP) is 1.99. The Morgan fingerprint density at radius 2 is 2.25 bits per heavy atom. The summed E-state index contributed by atoms with van der Waals surface area (Å²) in [5, 5.41) is 0. The lowest BCUT2D eigenvalue weighted by molar-refractivity contribution is 0.966. The molecule has 0 saturated heterocycles. The van der Waals surface area contributed by atoms with E-state index >= 15 is 0 Å². The molecular formula is C8H13ClN2S. The van der Waals surface area contributed by atoms with E-state index in [1.54, 1.807) is 11.8 Å². The third-order valence-corrected chi connectivity index (χ3v) is 2.42. The Bertz CT molecular complexity index is 253. The van der Waals surface area contributed by atoms with Crippen molar-refractivity contribution in [2.75, 3.05) is 6.26 Å². The van der Waals surface area contributed by atoms with Crippen LogP contribution in [-0.4, -0.2) is 11.2 Å². The number of hydrogen-bond donors (Lipinski definition) is 1. The zero-order chi connectivity index (χ0) is 8.27. The molecule has 2 N–H and O–H groups in total. The highest BCUT2D eigenvalue weighted by atomic mass is 35.5. The molecule has 0 aromatic carbocycles. The number of aromatic nitrogens is 1. The number of rotatable bonds is 2. The van der Waals surface area contributed by atoms with Crippen LogP contribution in [0.4, 0.5) is 0 Å². The summed E-state index contributed by atoms with van der Waals surface area (Å²) in [4.78, 5) is 5.41. The van der Waals surface area contributed by atoms with Crippen LogP contribution in [0, 0.1) is 6.92 Å². The lowest BCUT2D eigenvalue weighted by atomic mass is 10.2. The van der Waals surface area contributed by atoms with Gasteiger partial charge in [-0.05, 0) is 24.8 Å². The maximum Gasteiger partial charge on any atom is 0.0542 e. The Hall–Kier alpha value is -0.250. The van der Waals surface area contributed by atoms with Gasteiger partial charge in [-0.3, -0.25) is 4.98 Å². The molecule has 0 unspecified atom stereocenters. The Labute approximate surface area is 83.4 Å². The lowest BCUT2D eigenvalue weighted by Gasteiger charge is -2.02. The second-order valence-corrected chi connectivity index (χ2v) is 3.20. The second-order valence-electron chi connectivity index (χ2n) is 2.35. The van der Waals surface area contributed by atoms with Crippen LogP contribution >= 0.6 is 24.2 Å². The van der Waals surface area contributed by atoms with Gasteiger partial charge in [0.1, 0.15) is 0 Å². The number of hydrogen-bond acceptors (Lipinski definition) is 3. The summed E-state index contributed by atoms with van der Waals surface area (Å²) in [7, 11) is 0. The van der Waals surface area contributed by atoms with Crippen molar-refractivity contribution in [1.29, 1.82) is 0 Å². The number of thioether (sulfide) groups is 1. The largest absolute Gasteiger partial charge is 0.325 e. The van der Waals surface area contributed by atoms with Gasteiger partial charge in [0, 0.05) is 17.6 Å². The van der Waals surface area contributed by atoms with E-state index < -0.39 is 0 Å². The molecule has 1 aromatic heterocycles. The van der Waals surface area contributed by atoms with E-state index in [4.69, 9.17) is 5.73 Å². The Morgan fingerprint density at radius 1 is 1.58 bits per heavy atom. The van der Waals surface area contributed by atoms with Crippen LogP contribution in [0.15, 0.2) is 17.2 Å².